The third-order valence-corrected chi connectivity index (χ3v) is 5.64. The van der Waals surface area contributed by atoms with E-state index in [4.69, 9.17) is 0 Å². The summed E-state index contributed by atoms with van der Waals surface area (Å²) in [4.78, 5) is 26.3. The van der Waals surface area contributed by atoms with Crippen molar-refractivity contribution >= 4 is 28.1 Å². The lowest BCUT2D eigenvalue weighted by atomic mass is 10.0. The third-order valence-electron chi connectivity index (χ3n) is 5.64. The number of nitrogens with zero attached hydrogens (tertiary/aromatic N) is 2. The molecule has 0 radical (unpaired) electrons. The first-order valence-corrected chi connectivity index (χ1v) is 10.2. The Hall–Kier alpha value is -3.45. The number of benzene rings is 3. The molecule has 1 aliphatic heterocycles. The number of amides is 1. The van der Waals surface area contributed by atoms with E-state index in [1.807, 2.05) is 4.90 Å². The number of anilines is 1. The Kier molecular flexibility index (Phi) is 5.90. The number of non-ortho nitro benzene ring substituents is 1. The van der Waals surface area contributed by atoms with E-state index in [0.717, 1.165) is 32.7 Å². The lowest BCUT2D eigenvalue weighted by Gasteiger charge is -2.32. The monoisotopic (exact) mass is 405 g/mol. The summed E-state index contributed by atoms with van der Waals surface area (Å²) in [7, 11) is 0. The van der Waals surface area contributed by atoms with E-state index >= 15 is 0 Å². The maximum atomic E-state index is 12.6. The van der Waals surface area contributed by atoms with Gasteiger partial charge in [0.05, 0.1) is 37.6 Å². The van der Waals surface area contributed by atoms with Gasteiger partial charge in [-0.1, -0.05) is 48.5 Å². The fourth-order valence-corrected chi connectivity index (χ4v) is 3.98. The molecule has 2 N–H and O–H groups in total. The highest BCUT2D eigenvalue weighted by molar-refractivity contribution is 5.85. The molecule has 0 saturated carbocycles. The maximum Gasteiger partial charge on any atom is 0.271 e. The molecule has 3 aromatic carbocycles. The van der Waals surface area contributed by atoms with Gasteiger partial charge in [0, 0.05) is 23.4 Å². The van der Waals surface area contributed by atoms with E-state index < -0.39 is 4.92 Å². The van der Waals surface area contributed by atoms with Crippen molar-refractivity contribution in [2.45, 2.75) is 6.54 Å². The molecule has 1 heterocycles. The predicted molar refractivity (Wildman–Crippen MR) is 117 cm³/mol. The summed E-state index contributed by atoms with van der Waals surface area (Å²) in [5, 5.41) is 16.4. The first kappa shape index (κ1) is 19.8. The minimum Gasteiger partial charge on any atom is -0.376 e. The van der Waals surface area contributed by atoms with Crippen molar-refractivity contribution in [3.05, 3.63) is 82.4 Å². The molecule has 0 bridgehead atoms. The van der Waals surface area contributed by atoms with Crippen LogP contribution >= 0.6 is 0 Å². The van der Waals surface area contributed by atoms with Crippen LogP contribution in [0.1, 0.15) is 5.56 Å². The lowest BCUT2D eigenvalue weighted by Crippen LogP contribution is -3.13. The molecular weight excluding hydrogens is 380 g/mol. The van der Waals surface area contributed by atoms with E-state index in [1.54, 1.807) is 12.1 Å². The predicted octanol–water partition coefficient (Wildman–Crippen LogP) is 2.09. The molecule has 0 aromatic heterocycles. The third kappa shape index (κ3) is 4.58. The second-order valence-electron chi connectivity index (χ2n) is 7.61. The Morgan fingerprint density at radius 2 is 1.77 bits per heavy atom. The van der Waals surface area contributed by atoms with E-state index in [1.165, 1.54) is 33.4 Å². The van der Waals surface area contributed by atoms with Gasteiger partial charge in [-0.15, -0.1) is 0 Å². The minimum atomic E-state index is -0.440. The first-order valence-electron chi connectivity index (χ1n) is 10.2. The quantitative estimate of drug-likeness (QED) is 0.486. The molecule has 0 unspecified atom stereocenters. The Morgan fingerprint density at radius 3 is 2.57 bits per heavy atom. The van der Waals surface area contributed by atoms with Gasteiger partial charge in [0.15, 0.2) is 0 Å². The highest BCUT2D eigenvalue weighted by atomic mass is 16.6. The standard InChI is InChI=1S/C23H24N4O3/c28-23(16-24-20-8-4-9-21(15-20)27(29)30)26-13-11-25(12-14-26)17-19-7-3-6-18-5-1-2-10-22(18)19/h1-10,15,24H,11-14,16-17H2/p+1. The molecule has 0 spiro atoms. The zero-order valence-electron chi connectivity index (χ0n) is 16.7. The SMILES string of the molecule is O=C(CNc1cccc([N+](=O)[O-])c1)N1CC[NH+](Cc2cccc3ccccc23)CC1. The van der Waals surface area contributed by atoms with E-state index in [-0.39, 0.29) is 18.1 Å². The zero-order chi connectivity index (χ0) is 20.9. The first-order chi connectivity index (χ1) is 14.6. The van der Waals surface area contributed by atoms with Crippen molar-refractivity contribution in [1.82, 2.24) is 4.90 Å². The summed E-state index contributed by atoms with van der Waals surface area (Å²) in [5.41, 5.74) is 1.94. The van der Waals surface area contributed by atoms with Gasteiger partial charge in [-0.3, -0.25) is 14.9 Å². The van der Waals surface area contributed by atoms with Crippen LogP contribution in [0.25, 0.3) is 10.8 Å². The number of carbonyl (C=O) groups is 1. The number of nitro groups is 1. The largest absolute Gasteiger partial charge is 0.376 e. The number of piperazine rings is 1. The molecule has 7 heteroatoms. The van der Waals surface area contributed by atoms with Crippen LogP contribution in [-0.4, -0.2) is 48.5 Å². The van der Waals surface area contributed by atoms with Crippen molar-refractivity contribution in [2.24, 2.45) is 0 Å². The summed E-state index contributed by atoms with van der Waals surface area (Å²) in [6, 6.07) is 21.1. The Balaban J connectivity index is 1.29. The average molecular weight is 405 g/mol. The van der Waals surface area contributed by atoms with Gasteiger partial charge in [0.1, 0.15) is 6.54 Å². The van der Waals surface area contributed by atoms with Crippen LogP contribution in [0.2, 0.25) is 0 Å². The van der Waals surface area contributed by atoms with Gasteiger partial charge in [-0.2, -0.15) is 0 Å². The van der Waals surface area contributed by atoms with Gasteiger partial charge in [-0.05, 0) is 16.8 Å². The van der Waals surface area contributed by atoms with E-state index in [0.29, 0.717) is 5.69 Å². The second kappa shape index (κ2) is 8.92. The zero-order valence-corrected chi connectivity index (χ0v) is 16.7. The Labute approximate surface area is 175 Å². The Morgan fingerprint density at radius 1 is 1.03 bits per heavy atom. The molecule has 0 aliphatic carbocycles. The number of hydrogen-bond donors (Lipinski definition) is 2. The normalized spacial score (nSPS) is 14.6. The molecule has 3 aromatic rings. The molecule has 1 aliphatic rings. The summed E-state index contributed by atoms with van der Waals surface area (Å²) in [5.74, 6) is 0.0192. The summed E-state index contributed by atoms with van der Waals surface area (Å²) < 4.78 is 0. The number of carbonyl (C=O) groups excluding carboxylic acids is 1. The van der Waals surface area contributed by atoms with Gasteiger partial charge < -0.3 is 15.1 Å². The highest BCUT2D eigenvalue weighted by Gasteiger charge is 2.24. The topological polar surface area (TPSA) is 79.9 Å². The van der Waals surface area contributed by atoms with Crippen LogP contribution in [0.4, 0.5) is 11.4 Å². The van der Waals surface area contributed by atoms with Crippen molar-refractivity contribution < 1.29 is 14.6 Å². The minimum absolute atomic E-state index is 0.0121. The smallest absolute Gasteiger partial charge is 0.271 e. The van der Waals surface area contributed by atoms with Gasteiger partial charge in [0.25, 0.3) is 5.69 Å². The molecule has 154 valence electrons. The summed E-state index contributed by atoms with van der Waals surface area (Å²) >= 11 is 0. The van der Waals surface area contributed by atoms with Crippen molar-refractivity contribution in [3.8, 4) is 0 Å². The Bertz CT molecular complexity index is 1060. The lowest BCUT2D eigenvalue weighted by molar-refractivity contribution is -0.917. The molecule has 4 rings (SSSR count). The molecule has 7 nitrogen and oxygen atoms in total. The van der Waals surface area contributed by atoms with Crippen LogP contribution in [0, 0.1) is 10.1 Å². The van der Waals surface area contributed by atoms with Gasteiger partial charge >= 0.3 is 0 Å². The van der Waals surface area contributed by atoms with E-state index in [2.05, 4.69) is 47.8 Å². The average Bonchev–Trinajstić information content (AvgIpc) is 2.78. The number of nitro benzene ring substituents is 1. The van der Waals surface area contributed by atoms with Gasteiger partial charge in [0.2, 0.25) is 5.91 Å². The molecule has 1 saturated heterocycles. The summed E-state index contributed by atoms with van der Waals surface area (Å²) in [6.45, 7) is 4.35. The second-order valence-corrected chi connectivity index (χ2v) is 7.61. The number of rotatable bonds is 6. The highest BCUT2D eigenvalue weighted by Crippen LogP contribution is 2.18. The number of fused-ring (bicyclic) bond motifs is 1. The van der Waals surface area contributed by atoms with Crippen molar-refractivity contribution in [1.29, 1.82) is 0 Å². The molecule has 0 atom stereocenters. The van der Waals surface area contributed by atoms with Crippen LogP contribution in [0.5, 0.6) is 0 Å². The maximum absolute atomic E-state index is 12.6. The number of quaternary nitrogens is 1. The molecule has 1 amide bonds. The molecule has 30 heavy (non-hydrogen) atoms. The fraction of sp³-hybridized carbons (Fsp3) is 0.261. The molecule has 1 fully saturated rings. The van der Waals surface area contributed by atoms with Crippen molar-refractivity contribution in [2.75, 3.05) is 38.0 Å². The number of nitrogens with one attached hydrogen (secondary N) is 2. The van der Waals surface area contributed by atoms with Gasteiger partial charge in [-0.25, -0.2) is 0 Å². The van der Waals surface area contributed by atoms with Crippen LogP contribution in [0.15, 0.2) is 66.7 Å². The van der Waals surface area contributed by atoms with Crippen LogP contribution < -0.4 is 10.2 Å². The van der Waals surface area contributed by atoms with E-state index in [9.17, 15) is 14.9 Å². The van der Waals surface area contributed by atoms with Crippen LogP contribution in [0.3, 0.4) is 0 Å². The fourth-order valence-electron chi connectivity index (χ4n) is 3.98. The molecular formula is C23H25N4O3+. The summed E-state index contributed by atoms with van der Waals surface area (Å²) in [6.07, 6.45) is 0. The number of hydrogen-bond acceptors (Lipinski definition) is 4. The van der Waals surface area contributed by atoms with Crippen LogP contribution in [-0.2, 0) is 11.3 Å². The van der Waals surface area contributed by atoms with Crippen molar-refractivity contribution in [3.63, 3.8) is 0 Å².